The van der Waals surface area contributed by atoms with Crippen molar-refractivity contribution in [2.75, 3.05) is 33.3 Å². The number of nitrogens with zero attached hydrogens (tertiary/aromatic N) is 2. The second kappa shape index (κ2) is 10.0. The minimum Gasteiger partial charge on any atom is -0.494 e. The van der Waals surface area contributed by atoms with Crippen LogP contribution in [0.1, 0.15) is 49.4 Å². The third-order valence-electron chi connectivity index (χ3n) is 7.13. The highest BCUT2D eigenvalue weighted by Crippen LogP contribution is 2.40. The molecule has 1 unspecified atom stereocenters. The zero-order valence-electron chi connectivity index (χ0n) is 19.5. The van der Waals surface area contributed by atoms with E-state index in [9.17, 15) is 9.18 Å². The largest absolute Gasteiger partial charge is 0.494 e. The first-order valence-electron chi connectivity index (χ1n) is 11.9. The average molecular weight is 439 g/mol. The van der Waals surface area contributed by atoms with E-state index in [0.29, 0.717) is 18.5 Å². The van der Waals surface area contributed by atoms with Crippen LogP contribution in [0.2, 0.25) is 0 Å². The number of hydrogen-bond acceptors (Lipinski definition) is 3. The number of hydrogen-bond donors (Lipinski definition) is 0. The molecule has 0 aromatic heterocycles. The van der Waals surface area contributed by atoms with Gasteiger partial charge in [-0.05, 0) is 67.4 Å². The summed E-state index contributed by atoms with van der Waals surface area (Å²) < 4.78 is 20.1. The van der Waals surface area contributed by atoms with Crippen molar-refractivity contribution in [2.45, 2.75) is 45.6 Å². The number of methoxy groups -OCH3 is 1. The second-order valence-corrected chi connectivity index (χ2v) is 9.47. The van der Waals surface area contributed by atoms with Gasteiger partial charge in [0.15, 0.2) is 11.6 Å². The van der Waals surface area contributed by atoms with Crippen LogP contribution in [0, 0.1) is 17.7 Å². The summed E-state index contributed by atoms with van der Waals surface area (Å²) in [6, 6.07) is 14.1. The van der Waals surface area contributed by atoms with E-state index >= 15 is 0 Å². The molecule has 1 amide bonds. The van der Waals surface area contributed by atoms with E-state index in [2.05, 4.69) is 49.1 Å². The minimum absolute atomic E-state index is 0.0638. The average Bonchev–Trinajstić information content (AvgIpc) is 2.82. The Labute approximate surface area is 191 Å². The molecule has 0 aliphatic carbocycles. The molecule has 2 aliphatic rings. The lowest BCUT2D eigenvalue weighted by Gasteiger charge is -2.43. The van der Waals surface area contributed by atoms with Crippen LogP contribution in [0.4, 0.5) is 4.39 Å². The molecule has 1 fully saturated rings. The number of fused-ring (bicyclic) bond motifs is 1. The van der Waals surface area contributed by atoms with Gasteiger partial charge in [0, 0.05) is 19.0 Å². The number of halogens is 1. The molecule has 1 atom stereocenters. The highest BCUT2D eigenvalue weighted by atomic mass is 19.1. The number of benzene rings is 2. The minimum atomic E-state index is -0.269. The molecular weight excluding hydrogens is 403 g/mol. The Hall–Kier alpha value is -2.40. The van der Waals surface area contributed by atoms with Gasteiger partial charge >= 0.3 is 0 Å². The number of rotatable bonds is 6. The van der Waals surface area contributed by atoms with Crippen molar-refractivity contribution in [1.82, 2.24) is 9.80 Å². The zero-order valence-corrected chi connectivity index (χ0v) is 19.5. The Morgan fingerprint density at radius 2 is 1.81 bits per heavy atom. The Morgan fingerprint density at radius 3 is 2.47 bits per heavy atom. The van der Waals surface area contributed by atoms with E-state index in [1.54, 1.807) is 6.07 Å². The van der Waals surface area contributed by atoms with Gasteiger partial charge in [0.25, 0.3) is 0 Å². The number of ether oxygens (including phenoxy) is 1. The first-order chi connectivity index (χ1) is 15.5. The molecule has 4 nitrogen and oxygen atoms in total. The van der Waals surface area contributed by atoms with Gasteiger partial charge in [0.2, 0.25) is 5.91 Å². The van der Waals surface area contributed by atoms with Gasteiger partial charge in [0.05, 0.1) is 13.2 Å². The quantitative estimate of drug-likeness (QED) is 0.645. The molecule has 172 valence electrons. The van der Waals surface area contributed by atoms with Crippen LogP contribution < -0.4 is 4.74 Å². The highest BCUT2D eigenvalue weighted by Gasteiger charge is 2.38. The maximum Gasteiger partial charge on any atom is 0.226 e. The summed E-state index contributed by atoms with van der Waals surface area (Å²) in [7, 11) is 1.50. The van der Waals surface area contributed by atoms with E-state index in [1.807, 2.05) is 11.0 Å². The van der Waals surface area contributed by atoms with Crippen molar-refractivity contribution in [1.29, 1.82) is 0 Å². The fourth-order valence-corrected chi connectivity index (χ4v) is 5.38. The Balaban J connectivity index is 1.40. The van der Waals surface area contributed by atoms with Crippen LogP contribution in [-0.2, 0) is 17.6 Å². The lowest BCUT2D eigenvalue weighted by molar-refractivity contribution is -0.141. The molecule has 0 N–H and O–H groups in total. The maximum atomic E-state index is 14.9. The summed E-state index contributed by atoms with van der Waals surface area (Å²) in [6.07, 6.45) is 3.40. The van der Waals surface area contributed by atoms with Gasteiger partial charge in [-0.3, -0.25) is 4.79 Å². The topological polar surface area (TPSA) is 32.8 Å². The third kappa shape index (κ3) is 4.68. The van der Waals surface area contributed by atoms with Gasteiger partial charge in [-0.2, -0.15) is 0 Å². The summed E-state index contributed by atoms with van der Waals surface area (Å²) in [5, 5.41) is 0. The number of likely N-dealkylation sites (tertiary alicyclic amines) is 1. The van der Waals surface area contributed by atoms with E-state index in [1.165, 1.54) is 12.7 Å². The van der Waals surface area contributed by atoms with Crippen molar-refractivity contribution < 1.29 is 13.9 Å². The highest BCUT2D eigenvalue weighted by molar-refractivity contribution is 5.80. The third-order valence-corrected chi connectivity index (χ3v) is 7.13. The molecule has 5 heteroatoms. The van der Waals surface area contributed by atoms with Crippen LogP contribution in [0.5, 0.6) is 5.75 Å². The summed E-state index contributed by atoms with van der Waals surface area (Å²) >= 11 is 0. The number of carbonyl (C=O) groups is 1. The van der Waals surface area contributed by atoms with E-state index in [0.717, 1.165) is 44.5 Å². The molecule has 0 saturated carbocycles. The zero-order chi connectivity index (χ0) is 22.7. The SMILES string of the molecule is COc1ccc2c(c1F)CCN(C(=O)C1CCN(CCc3ccccc3)CC1)C2C(C)C. The summed E-state index contributed by atoms with van der Waals surface area (Å²) in [4.78, 5) is 18.1. The van der Waals surface area contributed by atoms with E-state index in [-0.39, 0.29) is 35.4 Å². The second-order valence-electron chi connectivity index (χ2n) is 9.47. The predicted octanol–water partition coefficient (Wildman–Crippen LogP) is 4.87. The fourth-order valence-electron chi connectivity index (χ4n) is 5.38. The number of amides is 1. The fraction of sp³-hybridized carbons (Fsp3) is 0.519. The van der Waals surface area contributed by atoms with Crippen LogP contribution >= 0.6 is 0 Å². The molecule has 2 aromatic rings. The van der Waals surface area contributed by atoms with Crippen molar-refractivity contribution in [2.24, 2.45) is 11.8 Å². The van der Waals surface area contributed by atoms with E-state index in [4.69, 9.17) is 4.74 Å². The van der Waals surface area contributed by atoms with Gasteiger partial charge in [-0.15, -0.1) is 0 Å². The van der Waals surface area contributed by atoms with Crippen LogP contribution in [-0.4, -0.2) is 49.0 Å². The van der Waals surface area contributed by atoms with Crippen LogP contribution in [0.15, 0.2) is 42.5 Å². The molecule has 2 aliphatic heterocycles. The standard InChI is InChI=1S/C27H35FN2O2/c1-19(2)26-23-9-10-24(32-3)25(28)22(23)14-18-30(26)27(31)21-12-16-29(17-13-21)15-11-20-7-5-4-6-8-20/h4-10,19,21,26H,11-18H2,1-3H3. The molecule has 1 saturated heterocycles. The molecular formula is C27H35FN2O2. The number of carbonyl (C=O) groups excluding carboxylic acids is 1. The van der Waals surface area contributed by atoms with E-state index < -0.39 is 0 Å². The van der Waals surface area contributed by atoms with Crippen molar-refractivity contribution in [3.63, 3.8) is 0 Å². The molecule has 0 bridgehead atoms. The number of piperidine rings is 1. The summed E-state index contributed by atoms with van der Waals surface area (Å²) in [5.74, 6) is 0.544. The van der Waals surface area contributed by atoms with Gasteiger partial charge < -0.3 is 14.5 Å². The molecule has 0 spiro atoms. The molecule has 2 aromatic carbocycles. The van der Waals surface area contributed by atoms with Gasteiger partial charge in [0.1, 0.15) is 0 Å². The van der Waals surface area contributed by atoms with Crippen molar-refractivity contribution in [3.05, 3.63) is 65.0 Å². The Bertz CT molecular complexity index is 923. The normalized spacial score (nSPS) is 19.8. The van der Waals surface area contributed by atoms with Gasteiger partial charge in [-0.1, -0.05) is 50.2 Å². The smallest absolute Gasteiger partial charge is 0.226 e. The van der Waals surface area contributed by atoms with Crippen molar-refractivity contribution >= 4 is 5.91 Å². The first-order valence-corrected chi connectivity index (χ1v) is 11.9. The Morgan fingerprint density at radius 1 is 1.09 bits per heavy atom. The lowest BCUT2D eigenvalue weighted by Crippen LogP contribution is -2.48. The summed E-state index contributed by atoms with van der Waals surface area (Å²) in [5.41, 5.74) is 3.02. The Kier molecular flexibility index (Phi) is 7.14. The van der Waals surface area contributed by atoms with Gasteiger partial charge in [-0.25, -0.2) is 4.39 Å². The maximum absolute atomic E-state index is 14.9. The molecule has 4 rings (SSSR count). The monoisotopic (exact) mass is 438 g/mol. The van der Waals surface area contributed by atoms with Crippen LogP contribution in [0.3, 0.4) is 0 Å². The predicted molar refractivity (Wildman–Crippen MR) is 125 cm³/mol. The first kappa shape index (κ1) is 22.8. The molecule has 32 heavy (non-hydrogen) atoms. The van der Waals surface area contributed by atoms with Crippen molar-refractivity contribution in [3.8, 4) is 5.75 Å². The molecule has 0 radical (unpaired) electrons. The van der Waals surface area contributed by atoms with Crippen LogP contribution in [0.25, 0.3) is 0 Å². The lowest BCUT2D eigenvalue weighted by atomic mass is 9.84. The molecule has 2 heterocycles. The summed E-state index contributed by atoms with van der Waals surface area (Å²) in [6.45, 7) is 7.78.